The van der Waals surface area contributed by atoms with Gasteiger partial charge in [-0.05, 0) is 54.7 Å². The van der Waals surface area contributed by atoms with E-state index in [2.05, 4.69) is 4.98 Å². The van der Waals surface area contributed by atoms with E-state index in [1.54, 1.807) is 59.5 Å². The number of fused-ring (bicyclic) bond motifs is 1. The topological polar surface area (TPSA) is 102 Å². The first-order chi connectivity index (χ1) is 20.7. The fraction of sp³-hybridized carbons (Fsp3) is 0.355. The van der Waals surface area contributed by atoms with Gasteiger partial charge in [0.2, 0.25) is 5.91 Å². The zero-order chi connectivity index (χ0) is 30.1. The Labute approximate surface area is 252 Å². The van der Waals surface area contributed by atoms with Crippen molar-refractivity contribution in [1.29, 1.82) is 0 Å². The third-order valence-electron chi connectivity index (χ3n) is 7.85. The molecule has 8 nitrogen and oxygen atoms in total. The van der Waals surface area contributed by atoms with Crippen molar-refractivity contribution in [3.05, 3.63) is 77.1 Å². The molecule has 1 saturated heterocycles. The van der Waals surface area contributed by atoms with Crippen molar-refractivity contribution < 1.29 is 31.5 Å². The fourth-order valence-corrected chi connectivity index (χ4v) is 7.36. The van der Waals surface area contributed by atoms with Crippen LogP contribution < -0.4 is 4.74 Å². The van der Waals surface area contributed by atoms with Gasteiger partial charge in [-0.3, -0.25) is 4.79 Å². The van der Waals surface area contributed by atoms with Crippen molar-refractivity contribution in [2.24, 2.45) is 5.92 Å². The number of amides is 1. The minimum atomic E-state index is -3.40. The van der Waals surface area contributed by atoms with Crippen LogP contribution in [0.4, 0.5) is 8.78 Å². The van der Waals surface area contributed by atoms with Crippen LogP contribution >= 0.6 is 11.6 Å². The summed E-state index contributed by atoms with van der Waals surface area (Å²) in [5, 5.41) is 0.305. The molecule has 0 radical (unpaired) electrons. The van der Waals surface area contributed by atoms with Crippen LogP contribution in [0.2, 0.25) is 5.02 Å². The van der Waals surface area contributed by atoms with Crippen LogP contribution in [0.3, 0.4) is 0 Å². The lowest BCUT2D eigenvalue weighted by molar-refractivity contribution is -0.135. The van der Waals surface area contributed by atoms with E-state index in [1.807, 2.05) is 0 Å². The third-order valence-corrected chi connectivity index (χ3v) is 10.1. The second kappa shape index (κ2) is 12.2. The molecule has 0 unspecified atom stereocenters. The van der Waals surface area contributed by atoms with E-state index in [0.29, 0.717) is 59.3 Å². The fourth-order valence-electron chi connectivity index (χ4n) is 5.40. The number of aromatic amines is 1. The van der Waals surface area contributed by atoms with E-state index in [-0.39, 0.29) is 34.6 Å². The Bertz CT molecular complexity index is 1740. The Morgan fingerprint density at radius 2 is 1.79 bits per heavy atom. The van der Waals surface area contributed by atoms with Gasteiger partial charge in [-0.1, -0.05) is 41.9 Å². The lowest BCUT2D eigenvalue weighted by Crippen LogP contribution is -2.41. The quantitative estimate of drug-likeness (QED) is 0.229. The highest BCUT2D eigenvalue weighted by Crippen LogP contribution is 2.39. The van der Waals surface area contributed by atoms with Crippen LogP contribution in [-0.4, -0.2) is 67.9 Å². The SMILES string of the molecule is O=C(C[C@@H](c1ccc(S(=O)(=O)CC2CC2)cc1)c1nc2cc(-c3ccccc3OC(F)F)c(Cl)cc2[nH]1)N1CCOCC1. The number of hydrogen-bond acceptors (Lipinski definition) is 6. The summed E-state index contributed by atoms with van der Waals surface area (Å²) in [7, 11) is -3.40. The third kappa shape index (κ3) is 6.68. The number of imidazole rings is 1. The number of carbonyl (C=O) groups excluding carboxylic acids is 1. The van der Waals surface area contributed by atoms with E-state index >= 15 is 0 Å². The smallest absolute Gasteiger partial charge is 0.387 e. The van der Waals surface area contributed by atoms with E-state index in [0.717, 1.165) is 18.4 Å². The minimum Gasteiger partial charge on any atom is -0.434 e. The van der Waals surface area contributed by atoms with Crippen molar-refractivity contribution in [1.82, 2.24) is 14.9 Å². The molecule has 0 bridgehead atoms. The van der Waals surface area contributed by atoms with E-state index in [4.69, 9.17) is 26.1 Å². The number of hydrogen-bond donors (Lipinski definition) is 1. The van der Waals surface area contributed by atoms with Crippen LogP contribution in [0.25, 0.3) is 22.2 Å². The molecule has 2 heterocycles. The number of nitrogens with one attached hydrogen (secondary N) is 1. The molecule has 1 amide bonds. The van der Waals surface area contributed by atoms with Crippen molar-refractivity contribution in [2.75, 3.05) is 32.1 Å². The molecule has 1 aliphatic heterocycles. The van der Waals surface area contributed by atoms with Gasteiger partial charge in [0.05, 0.1) is 45.8 Å². The Morgan fingerprint density at radius 1 is 1.07 bits per heavy atom. The molecule has 1 N–H and O–H groups in total. The molecule has 1 aliphatic carbocycles. The summed E-state index contributed by atoms with van der Waals surface area (Å²) in [6.45, 7) is -1.09. The highest BCUT2D eigenvalue weighted by molar-refractivity contribution is 7.91. The van der Waals surface area contributed by atoms with Gasteiger partial charge < -0.3 is 19.4 Å². The van der Waals surface area contributed by atoms with Crippen LogP contribution in [0.5, 0.6) is 5.75 Å². The van der Waals surface area contributed by atoms with Gasteiger partial charge in [-0.15, -0.1) is 0 Å². The van der Waals surface area contributed by atoms with Gasteiger partial charge in [0.1, 0.15) is 11.6 Å². The first kappa shape index (κ1) is 29.5. The van der Waals surface area contributed by atoms with Crippen LogP contribution in [0, 0.1) is 5.92 Å². The number of sulfone groups is 1. The summed E-state index contributed by atoms with van der Waals surface area (Å²) in [5.74, 6) is 0.264. The number of rotatable bonds is 10. The molecule has 6 rings (SSSR count). The van der Waals surface area contributed by atoms with Crippen LogP contribution in [-0.2, 0) is 19.4 Å². The zero-order valence-electron chi connectivity index (χ0n) is 23.1. The molecule has 2 fully saturated rings. The Balaban J connectivity index is 1.36. The van der Waals surface area contributed by atoms with Crippen LogP contribution in [0.1, 0.15) is 36.6 Å². The molecular formula is C31H30ClF2N3O5S. The molecule has 226 valence electrons. The van der Waals surface area contributed by atoms with Gasteiger partial charge in [0.25, 0.3) is 0 Å². The largest absolute Gasteiger partial charge is 0.434 e. The molecule has 4 aromatic rings. The number of para-hydroxylation sites is 1. The summed E-state index contributed by atoms with van der Waals surface area (Å²) in [6.07, 6.45) is 1.97. The summed E-state index contributed by atoms with van der Waals surface area (Å²) in [6, 6.07) is 16.4. The zero-order valence-corrected chi connectivity index (χ0v) is 24.7. The maximum Gasteiger partial charge on any atom is 0.387 e. The maximum atomic E-state index is 13.4. The highest BCUT2D eigenvalue weighted by Gasteiger charge is 2.30. The molecule has 1 aromatic heterocycles. The summed E-state index contributed by atoms with van der Waals surface area (Å²) in [5.41, 5.74) is 2.71. The molecule has 12 heteroatoms. The van der Waals surface area contributed by atoms with Crippen LogP contribution in [0.15, 0.2) is 65.6 Å². The lowest BCUT2D eigenvalue weighted by Gasteiger charge is -2.28. The maximum absolute atomic E-state index is 13.4. The predicted octanol–water partition coefficient (Wildman–Crippen LogP) is 6.05. The molecule has 3 aromatic carbocycles. The van der Waals surface area contributed by atoms with E-state index in [9.17, 15) is 22.0 Å². The van der Waals surface area contributed by atoms with Gasteiger partial charge in [0.15, 0.2) is 9.84 Å². The normalized spacial score (nSPS) is 16.5. The van der Waals surface area contributed by atoms with Crippen molar-refractivity contribution in [3.63, 3.8) is 0 Å². The number of carbonyl (C=O) groups is 1. The Hall–Kier alpha value is -3.54. The number of morpholine rings is 1. The van der Waals surface area contributed by atoms with Gasteiger partial charge in [0, 0.05) is 30.6 Å². The Morgan fingerprint density at radius 3 is 2.49 bits per heavy atom. The molecule has 43 heavy (non-hydrogen) atoms. The predicted molar refractivity (Wildman–Crippen MR) is 158 cm³/mol. The molecule has 1 saturated carbocycles. The van der Waals surface area contributed by atoms with Gasteiger partial charge >= 0.3 is 6.61 Å². The van der Waals surface area contributed by atoms with E-state index < -0.39 is 22.4 Å². The minimum absolute atomic E-state index is 0.0137. The second-order valence-electron chi connectivity index (χ2n) is 10.9. The van der Waals surface area contributed by atoms with E-state index in [1.165, 1.54) is 6.07 Å². The average molecular weight is 630 g/mol. The number of alkyl halides is 2. The number of H-pyrrole nitrogens is 1. The monoisotopic (exact) mass is 629 g/mol. The number of nitrogens with zero attached hydrogens (tertiary/aromatic N) is 2. The summed E-state index contributed by atoms with van der Waals surface area (Å²) in [4.78, 5) is 23.5. The molecular weight excluding hydrogens is 600 g/mol. The molecule has 1 atom stereocenters. The number of halogens is 3. The second-order valence-corrected chi connectivity index (χ2v) is 13.3. The van der Waals surface area contributed by atoms with Crippen molar-refractivity contribution in [3.8, 4) is 16.9 Å². The first-order valence-corrected chi connectivity index (χ1v) is 16.1. The highest BCUT2D eigenvalue weighted by atomic mass is 35.5. The van der Waals surface area contributed by atoms with Crippen molar-refractivity contribution in [2.45, 2.75) is 36.7 Å². The molecule has 2 aliphatic rings. The number of ether oxygens (including phenoxy) is 2. The lowest BCUT2D eigenvalue weighted by atomic mass is 9.94. The Kier molecular flexibility index (Phi) is 8.39. The number of benzene rings is 3. The number of aromatic nitrogens is 2. The summed E-state index contributed by atoms with van der Waals surface area (Å²) >= 11 is 6.62. The summed E-state index contributed by atoms with van der Waals surface area (Å²) < 4.78 is 61.9. The van der Waals surface area contributed by atoms with Gasteiger partial charge in [-0.2, -0.15) is 8.78 Å². The average Bonchev–Trinajstić information content (AvgIpc) is 3.71. The van der Waals surface area contributed by atoms with Gasteiger partial charge in [-0.25, -0.2) is 13.4 Å². The standard InChI is InChI=1S/C31H30ClF2N3O5S/c32-25-17-27-26(15-24(25)22-3-1-2-4-28(22)42-31(33)34)35-30(36-27)23(16-29(38)37-11-13-41-14-12-37)20-7-9-21(10-8-20)43(39,40)18-19-5-6-19/h1-4,7-10,15,17,19,23,31H,5-6,11-14,16,18H2,(H,35,36)/t23-/m0/s1. The first-order valence-electron chi connectivity index (χ1n) is 14.1. The van der Waals surface area contributed by atoms with Crippen molar-refractivity contribution >= 4 is 38.4 Å². The molecule has 0 spiro atoms.